The summed E-state index contributed by atoms with van der Waals surface area (Å²) in [7, 11) is 3.94. The minimum absolute atomic E-state index is 0.132. The molecule has 0 unspecified atom stereocenters. The van der Waals surface area contributed by atoms with E-state index in [1.165, 1.54) is 6.08 Å². The molecule has 4 rings (SSSR count). The fourth-order valence-corrected chi connectivity index (χ4v) is 4.45. The zero-order valence-corrected chi connectivity index (χ0v) is 19.4. The molecule has 0 fully saturated rings. The number of likely N-dealkylation sites (N-methyl/N-ethyl adjacent to an activating group) is 1. The highest BCUT2D eigenvalue weighted by Gasteiger charge is 2.13. The molecule has 0 atom stereocenters. The van der Waals surface area contributed by atoms with Gasteiger partial charge < -0.3 is 20.7 Å². The molecular formula is C26H26N4O2S. The van der Waals surface area contributed by atoms with Gasteiger partial charge in [-0.15, -0.1) is 11.3 Å². The van der Waals surface area contributed by atoms with Crippen LogP contribution in [0.25, 0.3) is 27.3 Å². The van der Waals surface area contributed by atoms with Gasteiger partial charge in [-0.1, -0.05) is 30.3 Å². The highest BCUT2D eigenvalue weighted by atomic mass is 32.1. The minimum atomic E-state index is -0.132. The number of benzene rings is 2. The van der Waals surface area contributed by atoms with E-state index in [9.17, 15) is 4.79 Å². The molecule has 1 amide bonds. The molecule has 6 nitrogen and oxygen atoms in total. The summed E-state index contributed by atoms with van der Waals surface area (Å²) in [5.41, 5.74) is 9.15. The van der Waals surface area contributed by atoms with Crippen LogP contribution in [0.5, 0.6) is 11.5 Å². The Morgan fingerprint density at radius 3 is 2.58 bits per heavy atom. The predicted octanol–water partition coefficient (Wildman–Crippen LogP) is 5.03. The number of nitrogens with zero attached hydrogens (tertiary/aromatic N) is 2. The van der Waals surface area contributed by atoms with E-state index in [-0.39, 0.29) is 5.91 Å². The summed E-state index contributed by atoms with van der Waals surface area (Å²) < 4.78 is 6.89. The van der Waals surface area contributed by atoms with E-state index in [2.05, 4.69) is 15.7 Å². The Morgan fingerprint density at radius 1 is 1.12 bits per heavy atom. The number of hydrogen-bond donors (Lipinski definition) is 2. The van der Waals surface area contributed by atoms with E-state index in [0.29, 0.717) is 12.4 Å². The van der Waals surface area contributed by atoms with Crippen LogP contribution in [0.15, 0.2) is 72.3 Å². The standard InChI is InChI=1S/C26H26N4O2S/c1-30(2)15-14-28-23(31)13-10-19-16-29-26(27)24-22(17-33-25(19)24)18-8-11-21(12-9-18)32-20-6-4-3-5-7-20/h3-13,16-17H,14-15H2,1-2H3,(H2,27,29)(H,28,31)/b13-10+. The van der Waals surface area contributed by atoms with E-state index >= 15 is 0 Å². The van der Waals surface area contributed by atoms with Gasteiger partial charge in [-0.2, -0.15) is 0 Å². The number of carbonyl (C=O) groups excluding carboxylic acids is 1. The molecule has 168 valence electrons. The number of carbonyl (C=O) groups is 1. The van der Waals surface area contributed by atoms with Crippen LogP contribution in [0.1, 0.15) is 5.56 Å². The number of para-hydroxylation sites is 1. The highest BCUT2D eigenvalue weighted by molar-refractivity contribution is 7.18. The predicted molar refractivity (Wildman–Crippen MR) is 137 cm³/mol. The van der Waals surface area contributed by atoms with Gasteiger partial charge in [-0.25, -0.2) is 4.98 Å². The van der Waals surface area contributed by atoms with E-state index in [1.807, 2.05) is 73.6 Å². The van der Waals surface area contributed by atoms with Gasteiger partial charge in [0.05, 0.1) is 0 Å². The molecule has 0 radical (unpaired) electrons. The first kappa shape index (κ1) is 22.5. The molecule has 2 aromatic heterocycles. The Kier molecular flexibility index (Phi) is 7.02. The number of nitrogen functional groups attached to an aromatic ring is 1. The molecule has 2 heterocycles. The largest absolute Gasteiger partial charge is 0.457 e. The van der Waals surface area contributed by atoms with Crippen LogP contribution >= 0.6 is 11.3 Å². The number of nitrogens with two attached hydrogens (primary N) is 1. The number of nitrogens with one attached hydrogen (secondary N) is 1. The van der Waals surface area contributed by atoms with Crippen molar-refractivity contribution in [1.29, 1.82) is 0 Å². The number of amides is 1. The van der Waals surface area contributed by atoms with Gasteiger partial charge in [0, 0.05) is 46.6 Å². The number of thiophene rings is 1. The molecule has 0 spiro atoms. The average molecular weight is 459 g/mol. The monoisotopic (exact) mass is 458 g/mol. The van der Waals surface area contributed by atoms with Crippen molar-refractivity contribution < 1.29 is 9.53 Å². The van der Waals surface area contributed by atoms with Crippen LogP contribution in [0, 0.1) is 0 Å². The maximum atomic E-state index is 12.1. The van der Waals surface area contributed by atoms with Crippen LogP contribution < -0.4 is 15.8 Å². The van der Waals surface area contributed by atoms with Gasteiger partial charge in [0.15, 0.2) is 0 Å². The van der Waals surface area contributed by atoms with E-state index in [0.717, 1.165) is 44.8 Å². The number of fused-ring (bicyclic) bond motifs is 1. The molecule has 0 aliphatic carbocycles. The lowest BCUT2D eigenvalue weighted by atomic mass is 10.0. The van der Waals surface area contributed by atoms with E-state index < -0.39 is 0 Å². The third-order valence-corrected chi connectivity index (χ3v) is 6.10. The van der Waals surface area contributed by atoms with E-state index in [4.69, 9.17) is 10.5 Å². The molecule has 0 aliphatic rings. The second kappa shape index (κ2) is 10.3. The smallest absolute Gasteiger partial charge is 0.244 e. The van der Waals surface area contributed by atoms with Crippen LogP contribution in [-0.4, -0.2) is 43.0 Å². The molecule has 0 saturated heterocycles. The highest BCUT2D eigenvalue weighted by Crippen LogP contribution is 2.39. The lowest BCUT2D eigenvalue weighted by Gasteiger charge is -2.09. The second-order valence-electron chi connectivity index (χ2n) is 7.82. The van der Waals surface area contributed by atoms with Gasteiger partial charge in [-0.3, -0.25) is 4.79 Å². The minimum Gasteiger partial charge on any atom is -0.457 e. The van der Waals surface area contributed by atoms with Gasteiger partial charge in [0.25, 0.3) is 0 Å². The Balaban J connectivity index is 1.55. The van der Waals surface area contributed by atoms with Crippen molar-refractivity contribution in [2.24, 2.45) is 0 Å². The van der Waals surface area contributed by atoms with Crippen molar-refractivity contribution >= 4 is 39.2 Å². The number of anilines is 1. The fraction of sp³-hybridized carbons (Fsp3) is 0.154. The van der Waals surface area contributed by atoms with Crippen LogP contribution in [0.4, 0.5) is 5.82 Å². The molecule has 0 bridgehead atoms. The van der Waals surface area contributed by atoms with Crippen molar-refractivity contribution in [2.45, 2.75) is 0 Å². The first-order valence-corrected chi connectivity index (χ1v) is 11.5. The van der Waals surface area contributed by atoms with Crippen molar-refractivity contribution in [3.63, 3.8) is 0 Å². The second-order valence-corrected chi connectivity index (χ2v) is 8.70. The maximum Gasteiger partial charge on any atom is 0.244 e. The Hall–Kier alpha value is -3.68. The summed E-state index contributed by atoms with van der Waals surface area (Å²) in [5.74, 6) is 1.90. The van der Waals surface area contributed by atoms with Crippen LogP contribution in [-0.2, 0) is 4.79 Å². The molecule has 0 saturated carbocycles. The lowest BCUT2D eigenvalue weighted by Crippen LogP contribution is -2.30. The third-order valence-electron chi connectivity index (χ3n) is 5.07. The van der Waals surface area contributed by atoms with Crippen molar-refractivity contribution in [1.82, 2.24) is 15.2 Å². The van der Waals surface area contributed by atoms with Gasteiger partial charge >= 0.3 is 0 Å². The van der Waals surface area contributed by atoms with E-state index in [1.54, 1.807) is 23.6 Å². The lowest BCUT2D eigenvalue weighted by molar-refractivity contribution is -0.116. The molecule has 4 aromatic rings. The summed E-state index contributed by atoms with van der Waals surface area (Å²) in [5, 5.41) is 5.85. The Morgan fingerprint density at radius 2 is 1.85 bits per heavy atom. The summed E-state index contributed by atoms with van der Waals surface area (Å²) in [6, 6.07) is 17.6. The number of hydrogen-bond acceptors (Lipinski definition) is 6. The zero-order chi connectivity index (χ0) is 23.2. The molecule has 0 aliphatic heterocycles. The Labute approximate surface area is 197 Å². The molecule has 7 heteroatoms. The Bertz CT molecular complexity index is 1260. The zero-order valence-electron chi connectivity index (χ0n) is 18.6. The summed E-state index contributed by atoms with van der Waals surface area (Å²) in [6.07, 6.45) is 5.03. The molecule has 2 aromatic carbocycles. The SMILES string of the molecule is CN(C)CCNC(=O)/C=C/c1cnc(N)c2c(-c3ccc(Oc4ccccc4)cc3)csc12. The van der Waals surface area contributed by atoms with Gasteiger partial charge in [0.2, 0.25) is 5.91 Å². The first-order valence-electron chi connectivity index (χ1n) is 10.6. The van der Waals surface area contributed by atoms with Gasteiger partial charge in [-0.05, 0) is 55.4 Å². The fourth-order valence-electron chi connectivity index (χ4n) is 3.37. The summed E-state index contributed by atoms with van der Waals surface area (Å²) in [6.45, 7) is 1.38. The number of ether oxygens (including phenoxy) is 1. The normalized spacial score (nSPS) is 11.4. The topological polar surface area (TPSA) is 80.5 Å². The maximum absolute atomic E-state index is 12.1. The van der Waals surface area contributed by atoms with Crippen LogP contribution in [0.3, 0.4) is 0 Å². The molecule has 33 heavy (non-hydrogen) atoms. The quantitative estimate of drug-likeness (QED) is 0.362. The van der Waals surface area contributed by atoms with Crippen LogP contribution in [0.2, 0.25) is 0 Å². The van der Waals surface area contributed by atoms with Crippen molar-refractivity contribution in [2.75, 3.05) is 32.9 Å². The number of pyridine rings is 1. The summed E-state index contributed by atoms with van der Waals surface area (Å²) >= 11 is 1.59. The van der Waals surface area contributed by atoms with Crippen molar-refractivity contribution in [3.05, 3.63) is 77.8 Å². The van der Waals surface area contributed by atoms with Crippen molar-refractivity contribution in [3.8, 4) is 22.6 Å². The number of rotatable bonds is 8. The number of aromatic nitrogens is 1. The summed E-state index contributed by atoms with van der Waals surface area (Å²) in [4.78, 5) is 18.5. The first-order chi connectivity index (χ1) is 16.0. The van der Waals surface area contributed by atoms with Gasteiger partial charge in [0.1, 0.15) is 17.3 Å². The third kappa shape index (κ3) is 5.58. The molecular weight excluding hydrogens is 432 g/mol. The average Bonchev–Trinajstić information content (AvgIpc) is 3.26. The molecule has 3 N–H and O–H groups in total.